The third-order valence-electron chi connectivity index (χ3n) is 5.01. The zero-order valence-electron chi connectivity index (χ0n) is 12.4. The number of hydrogen-bond donors (Lipinski definition) is 2. The predicted molar refractivity (Wildman–Crippen MR) is 75.6 cm³/mol. The van der Waals surface area contributed by atoms with E-state index in [0.717, 1.165) is 32.1 Å². The van der Waals surface area contributed by atoms with Gasteiger partial charge in [0.05, 0.1) is 0 Å². The van der Waals surface area contributed by atoms with Crippen LogP contribution in [-0.2, 0) is 0 Å². The molecule has 23 heavy (non-hydrogen) atoms. The molecule has 1 amide bonds. The lowest BCUT2D eigenvalue weighted by atomic mass is 9.67. The molecule has 0 spiro atoms. The van der Waals surface area contributed by atoms with Crippen LogP contribution in [0.2, 0.25) is 0 Å². The van der Waals surface area contributed by atoms with Gasteiger partial charge in [-0.25, -0.2) is 17.6 Å². The van der Waals surface area contributed by atoms with Crippen LogP contribution in [-0.4, -0.2) is 18.0 Å². The molecule has 2 unspecified atom stereocenters. The minimum Gasteiger partial charge on any atom is -0.349 e. The van der Waals surface area contributed by atoms with E-state index in [0.29, 0.717) is 0 Å². The van der Waals surface area contributed by atoms with Gasteiger partial charge in [0.25, 0.3) is 5.91 Å². The zero-order chi connectivity index (χ0) is 16.7. The lowest BCUT2D eigenvalue weighted by Crippen LogP contribution is -2.54. The maximum absolute atomic E-state index is 13.7. The first kappa shape index (κ1) is 16.2. The van der Waals surface area contributed by atoms with E-state index in [1.807, 2.05) is 0 Å². The Labute approximate surface area is 131 Å². The van der Waals surface area contributed by atoms with E-state index >= 15 is 0 Å². The second-order valence-corrected chi connectivity index (χ2v) is 6.52. The molecule has 2 atom stereocenters. The number of hydrogen-bond acceptors (Lipinski definition) is 2. The number of halogens is 4. The van der Waals surface area contributed by atoms with E-state index in [2.05, 4.69) is 5.32 Å². The lowest BCUT2D eigenvalue weighted by Gasteiger charge is -2.45. The molecule has 2 aliphatic carbocycles. The number of rotatable bonds is 2. The Bertz CT molecular complexity index is 597. The molecule has 126 valence electrons. The van der Waals surface area contributed by atoms with Gasteiger partial charge in [0.1, 0.15) is 5.56 Å². The van der Waals surface area contributed by atoms with Crippen LogP contribution < -0.4 is 11.1 Å². The summed E-state index contributed by atoms with van der Waals surface area (Å²) in [4.78, 5) is 12.2. The molecular formula is C16H18F4N2O. The van der Waals surface area contributed by atoms with Crippen LogP contribution >= 0.6 is 0 Å². The van der Waals surface area contributed by atoms with E-state index < -0.39 is 34.7 Å². The fourth-order valence-electron chi connectivity index (χ4n) is 4.02. The molecule has 3 rings (SSSR count). The summed E-state index contributed by atoms with van der Waals surface area (Å²) in [5.74, 6) is -7.36. The van der Waals surface area contributed by atoms with Crippen molar-refractivity contribution in [2.45, 2.75) is 44.2 Å². The van der Waals surface area contributed by atoms with E-state index in [1.54, 1.807) is 0 Å². The van der Waals surface area contributed by atoms with Gasteiger partial charge in [-0.1, -0.05) is 6.42 Å². The summed E-state index contributed by atoms with van der Waals surface area (Å²) in [7, 11) is 0. The van der Waals surface area contributed by atoms with Gasteiger partial charge in [-0.05, 0) is 37.5 Å². The lowest BCUT2D eigenvalue weighted by molar-refractivity contribution is 0.0746. The van der Waals surface area contributed by atoms with Crippen molar-refractivity contribution in [3.63, 3.8) is 0 Å². The summed E-state index contributed by atoms with van der Waals surface area (Å²) in [6.07, 6.45) is 4.22. The standard InChI is InChI=1S/C16H18F4N2O/c17-10-6-11(18)14(20)12(13(10)19)16(23)22-15-7-2-1-3-8(15)5-9(21)4-7/h6-9,15H,1-5,21H2,(H,22,23). The second kappa shape index (κ2) is 6.11. The number of nitrogens with two attached hydrogens (primary N) is 1. The number of carbonyl (C=O) groups excluding carboxylic acids is 1. The predicted octanol–water partition coefficient (Wildman–Crippen LogP) is 2.88. The van der Waals surface area contributed by atoms with Gasteiger partial charge in [0, 0.05) is 18.2 Å². The Morgan fingerprint density at radius 1 is 1.04 bits per heavy atom. The summed E-state index contributed by atoms with van der Waals surface area (Å²) in [6, 6.07) is -0.116. The van der Waals surface area contributed by atoms with Crippen molar-refractivity contribution < 1.29 is 22.4 Å². The monoisotopic (exact) mass is 330 g/mol. The summed E-state index contributed by atoms with van der Waals surface area (Å²) in [5, 5.41) is 2.59. The van der Waals surface area contributed by atoms with E-state index in [9.17, 15) is 22.4 Å². The Morgan fingerprint density at radius 3 is 2.09 bits per heavy atom. The van der Waals surface area contributed by atoms with Crippen molar-refractivity contribution in [1.82, 2.24) is 5.32 Å². The SMILES string of the molecule is NC1CC2CCCC(C1)C2NC(=O)c1c(F)c(F)cc(F)c1F. The number of fused-ring (bicyclic) bond motifs is 2. The summed E-state index contributed by atoms with van der Waals surface area (Å²) < 4.78 is 54.0. The highest BCUT2D eigenvalue weighted by Crippen LogP contribution is 2.39. The largest absolute Gasteiger partial charge is 0.349 e. The molecule has 0 heterocycles. The van der Waals surface area contributed by atoms with Crippen molar-refractivity contribution in [1.29, 1.82) is 0 Å². The van der Waals surface area contributed by atoms with Gasteiger partial charge in [-0.2, -0.15) is 0 Å². The maximum atomic E-state index is 13.7. The van der Waals surface area contributed by atoms with Crippen molar-refractivity contribution in [2.75, 3.05) is 0 Å². The third-order valence-corrected chi connectivity index (χ3v) is 5.01. The Balaban J connectivity index is 1.85. The molecule has 0 radical (unpaired) electrons. The molecule has 0 aromatic heterocycles. The average molecular weight is 330 g/mol. The molecule has 3 nitrogen and oxygen atoms in total. The first-order chi connectivity index (χ1) is 10.9. The number of amides is 1. The van der Waals surface area contributed by atoms with Crippen molar-refractivity contribution >= 4 is 5.91 Å². The van der Waals surface area contributed by atoms with Crippen molar-refractivity contribution in [3.8, 4) is 0 Å². The van der Waals surface area contributed by atoms with Crippen LogP contribution in [0, 0.1) is 35.1 Å². The van der Waals surface area contributed by atoms with Gasteiger partial charge < -0.3 is 11.1 Å². The molecule has 3 N–H and O–H groups in total. The summed E-state index contributed by atoms with van der Waals surface area (Å²) in [5.41, 5.74) is 4.79. The zero-order valence-corrected chi connectivity index (χ0v) is 12.4. The number of benzene rings is 1. The third kappa shape index (κ3) is 2.94. The van der Waals surface area contributed by atoms with Crippen molar-refractivity contribution in [3.05, 3.63) is 34.9 Å². The fourth-order valence-corrected chi connectivity index (χ4v) is 4.02. The average Bonchev–Trinajstić information content (AvgIpc) is 2.46. The van der Waals surface area contributed by atoms with Gasteiger partial charge >= 0.3 is 0 Å². The Morgan fingerprint density at radius 2 is 1.57 bits per heavy atom. The molecule has 1 aromatic carbocycles. The highest BCUT2D eigenvalue weighted by molar-refractivity contribution is 5.95. The first-order valence-corrected chi connectivity index (χ1v) is 7.78. The van der Waals surface area contributed by atoms with Crippen LogP contribution in [0.15, 0.2) is 6.07 Å². The van der Waals surface area contributed by atoms with Crippen LogP contribution in [0.25, 0.3) is 0 Å². The van der Waals surface area contributed by atoms with Gasteiger partial charge in [-0.15, -0.1) is 0 Å². The van der Waals surface area contributed by atoms with Gasteiger partial charge in [0.2, 0.25) is 0 Å². The second-order valence-electron chi connectivity index (χ2n) is 6.52. The van der Waals surface area contributed by atoms with E-state index in [4.69, 9.17) is 5.73 Å². The van der Waals surface area contributed by atoms with Crippen LogP contribution in [0.3, 0.4) is 0 Å². The first-order valence-electron chi connectivity index (χ1n) is 7.78. The molecule has 1 aromatic rings. The number of carbonyl (C=O) groups is 1. The summed E-state index contributed by atoms with van der Waals surface area (Å²) >= 11 is 0. The Kier molecular flexibility index (Phi) is 4.31. The van der Waals surface area contributed by atoms with E-state index in [-0.39, 0.29) is 30.0 Å². The minimum atomic E-state index is -1.67. The van der Waals surface area contributed by atoms with E-state index in [1.165, 1.54) is 0 Å². The molecule has 2 bridgehead atoms. The highest BCUT2D eigenvalue weighted by atomic mass is 19.2. The van der Waals surface area contributed by atoms with Gasteiger partial charge in [-0.3, -0.25) is 4.79 Å². The quantitative estimate of drug-likeness (QED) is 0.647. The normalized spacial score (nSPS) is 30.1. The highest BCUT2D eigenvalue weighted by Gasteiger charge is 2.40. The van der Waals surface area contributed by atoms with Crippen LogP contribution in [0.4, 0.5) is 17.6 Å². The minimum absolute atomic E-state index is 0.0542. The molecule has 2 aliphatic rings. The van der Waals surface area contributed by atoms with Crippen LogP contribution in [0.5, 0.6) is 0 Å². The molecule has 2 saturated carbocycles. The summed E-state index contributed by atoms with van der Waals surface area (Å²) in [6.45, 7) is 0. The molecular weight excluding hydrogens is 312 g/mol. The topological polar surface area (TPSA) is 55.1 Å². The maximum Gasteiger partial charge on any atom is 0.257 e. The van der Waals surface area contributed by atoms with Crippen LogP contribution in [0.1, 0.15) is 42.5 Å². The molecule has 0 saturated heterocycles. The number of nitrogens with one attached hydrogen (secondary N) is 1. The van der Waals surface area contributed by atoms with Gasteiger partial charge in [0.15, 0.2) is 23.3 Å². The molecule has 2 fully saturated rings. The molecule has 7 heteroatoms. The van der Waals surface area contributed by atoms with Crippen molar-refractivity contribution in [2.24, 2.45) is 17.6 Å². The fraction of sp³-hybridized carbons (Fsp3) is 0.562. The smallest absolute Gasteiger partial charge is 0.257 e. The Hall–Kier alpha value is -1.63. The molecule has 0 aliphatic heterocycles.